The molecule has 0 saturated heterocycles. The lowest BCUT2D eigenvalue weighted by molar-refractivity contribution is -0.111. The van der Waals surface area contributed by atoms with E-state index >= 15 is 0 Å². The van der Waals surface area contributed by atoms with Crippen molar-refractivity contribution in [2.75, 3.05) is 64.0 Å². The van der Waals surface area contributed by atoms with Crippen LogP contribution in [0.25, 0.3) is 16.9 Å². The van der Waals surface area contributed by atoms with Gasteiger partial charge < -0.3 is 29.9 Å². The highest BCUT2D eigenvalue weighted by molar-refractivity contribution is 6.02. The van der Waals surface area contributed by atoms with Crippen molar-refractivity contribution in [1.82, 2.24) is 24.0 Å². The zero-order chi connectivity index (χ0) is 30.6. The van der Waals surface area contributed by atoms with Crippen LogP contribution in [-0.4, -0.2) is 78.4 Å². The van der Waals surface area contributed by atoms with Crippen molar-refractivity contribution in [1.29, 1.82) is 0 Å². The average molecular weight is 575 g/mol. The third-order valence-electron chi connectivity index (χ3n) is 6.77. The molecule has 1 amide bonds. The average Bonchev–Trinajstić information content (AvgIpc) is 3.26. The molecule has 2 aromatic heterocycles. The molecule has 0 aliphatic heterocycles. The number of rotatable bonds is 12. The molecule has 4 rings (SSSR count). The molecule has 0 saturated carbocycles. The molecule has 12 nitrogen and oxygen atoms in total. The van der Waals surface area contributed by atoms with Gasteiger partial charge in [0.2, 0.25) is 11.9 Å². The number of imidazole rings is 1. The number of carbonyl (C=O) groups excluding carboxylic acids is 1. The highest BCUT2D eigenvalue weighted by Gasteiger charge is 2.20. The lowest BCUT2D eigenvalue weighted by Gasteiger charge is -2.26. The Morgan fingerprint density at radius 2 is 1.81 bits per heavy atom. The van der Waals surface area contributed by atoms with Crippen molar-refractivity contribution < 1.29 is 14.3 Å². The summed E-state index contributed by atoms with van der Waals surface area (Å²) >= 11 is 0. The zero-order valence-corrected chi connectivity index (χ0v) is 25.1. The van der Waals surface area contributed by atoms with E-state index in [-0.39, 0.29) is 23.6 Å². The Bertz CT molecular complexity index is 1660. The van der Waals surface area contributed by atoms with Crippen LogP contribution in [0.2, 0.25) is 0 Å². The topological polar surface area (TPSA) is 119 Å². The number of amides is 1. The maximum atomic E-state index is 13.6. The van der Waals surface area contributed by atoms with E-state index < -0.39 is 0 Å². The van der Waals surface area contributed by atoms with Crippen molar-refractivity contribution in [2.24, 2.45) is 0 Å². The molecular formula is C30H38N8O4. The van der Waals surface area contributed by atoms with Crippen molar-refractivity contribution in [3.63, 3.8) is 0 Å². The van der Waals surface area contributed by atoms with Crippen LogP contribution in [0.15, 0.2) is 60.0 Å². The van der Waals surface area contributed by atoms with Gasteiger partial charge in [0.25, 0.3) is 0 Å². The SMILES string of the molecule is C=CC(=O)Nc1cc(Nc2nccc(-n3c(=O)n(C(C)C)c4cc(OC)ccc43)n2)c(OC)cc1N(C)CCN(C)C. The summed E-state index contributed by atoms with van der Waals surface area (Å²) in [5.41, 5.74) is 3.06. The smallest absolute Gasteiger partial charge is 0.335 e. The molecule has 4 aromatic rings. The number of methoxy groups -OCH3 is 2. The maximum Gasteiger partial charge on any atom is 0.335 e. The summed E-state index contributed by atoms with van der Waals surface area (Å²) in [7, 11) is 9.11. The van der Waals surface area contributed by atoms with Crippen LogP contribution >= 0.6 is 0 Å². The summed E-state index contributed by atoms with van der Waals surface area (Å²) in [6.45, 7) is 9.01. The quantitative estimate of drug-likeness (QED) is 0.242. The van der Waals surface area contributed by atoms with Gasteiger partial charge in [0.1, 0.15) is 17.3 Å². The summed E-state index contributed by atoms with van der Waals surface area (Å²) in [5, 5.41) is 6.09. The number of carbonyl (C=O) groups is 1. The normalized spacial score (nSPS) is 11.2. The Morgan fingerprint density at radius 1 is 1.05 bits per heavy atom. The zero-order valence-electron chi connectivity index (χ0n) is 25.1. The van der Waals surface area contributed by atoms with E-state index in [4.69, 9.17) is 9.47 Å². The van der Waals surface area contributed by atoms with Gasteiger partial charge in [-0.15, -0.1) is 0 Å². The van der Waals surface area contributed by atoms with E-state index in [1.807, 2.05) is 64.2 Å². The summed E-state index contributed by atoms with van der Waals surface area (Å²) in [5.74, 6) is 1.47. The summed E-state index contributed by atoms with van der Waals surface area (Å²) < 4.78 is 14.4. The second-order valence-electron chi connectivity index (χ2n) is 10.3. The van der Waals surface area contributed by atoms with Crippen molar-refractivity contribution in [2.45, 2.75) is 19.9 Å². The number of ether oxygens (including phenoxy) is 2. The minimum absolute atomic E-state index is 0.0874. The van der Waals surface area contributed by atoms with Crippen LogP contribution < -0.4 is 30.7 Å². The van der Waals surface area contributed by atoms with Gasteiger partial charge in [-0.3, -0.25) is 9.36 Å². The van der Waals surface area contributed by atoms with Gasteiger partial charge in [0, 0.05) is 50.6 Å². The summed E-state index contributed by atoms with van der Waals surface area (Å²) in [6, 6.07) is 10.7. The highest BCUT2D eigenvalue weighted by Crippen LogP contribution is 2.38. The fraction of sp³-hybridized carbons (Fsp3) is 0.333. The van der Waals surface area contributed by atoms with E-state index in [0.717, 1.165) is 24.3 Å². The first-order chi connectivity index (χ1) is 20.1. The van der Waals surface area contributed by atoms with Crippen LogP contribution in [0.1, 0.15) is 19.9 Å². The van der Waals surface area contributed by atoms with E-state index in [2.05, 4.69) is 32.1 Å². The highest BCUT2D eigenvalue weighted by atomic mass is 16.5. The van der Waals surface area contributed by atoms with Crippen LogP contribution in [0.3, 0.4) is 0 Å². The molecule has 0 radical (unpaired) electrons. The van der Waals surface area contributed by atoms with Crippen LogP contribution in [0.5, 0.6) is 11.5 Å². The molecule has 0 spiro atoms. The molecule has 2 N–H and O–H groups in total. The van der Waals surface area contributed by atoms with E-state index in [9.17, 15) is 9.59 Å². The molecule has 12 heteroatoms. The molecule has 2 heterocycles. The van der Waals surface area contributed by atoms with Gasteiger partial charge in [0.15, 0.2) is 0 Å². The molecule has 0 bridgehead atoms. The molecule has 0 unspecified atom stereocenters. The number of aromatic nitrogens is 4. The van der Waals surface area contributed by atoms with Crippen LogP contribution in [0.4, 0.5) is 23.0 Å². The fourth-order valence-electron chi connectivity index (χ4n) is 4.61. The fourth-order valence-corrected chi connectivity index (χ4v) is 4.61. The van der Waals surface area contributed by atoms with E-state index in [1.165, 1.54) is 6.08 Å². The summed E-state index contributed by atoms with van der Waals surface area (Å²) in [4.78, 5) is 39.1. The number of likely N-dealkylation sites (N-methyl/N-ethyl adjacent to an activating group) is 2. The van der Waals surface area contributed by atoms with Crippen LogP contribution in [0, 0.1) is 0 Å². The Kier molecular flexibility index (Phi) is 9.16. The summed E-state index contributed by atoms with van der Waals surface area (Å²) in [6.07, 6.45) is 2.80. The number of benzene rings is 2. The number of hydrogen-bond acceptors (Lipinski definition) is 9. The van der Waals surface area contributed by atoms with Crippen molar-refractivity contribution in [3.8, 4) is 17.3 Å². The van der Waals surface area contributed by atoms with Gasteiger partial charge in [-0.1, -0.05) is 6.58 Å². The largest absolute Gasteiger partial charge is 0.497 e. The van der Waals surface area contributed by atoms with E-state index in [0.29, 0.717) is 34.2 Å². The number of fused-ring (bicyclic) bond motifs is 1. The molecule has 0 aliphatic rings. The minimum atomic E-state index is -0.343. The standard InChI is InChI=1S/C30H38N8O4/c1-9-28(39)32-21-17-22(26(42-8)18-24(21)36(6)15-14-35(4)5)33-29-31-13-12-27(34-29)38-23-11-10-20(41-7)16-25(23)37(19(2)3)30(38)40/h9-13,16-19H,1,14-15H2,2-8H3,(H,32,39)(H,31,33,34). The third kappa shape index (κ3) is 6.23. The first-order valence-corrected chi connectivity index (χ1v) is 13.5. The van der Waals surface area contributed by atoms with Gasteiger partial charge >= 0.3 is 5.69 Å². The maximum absolute atomic E-state index is 13.6. The Balaban J connectivity index is 1.78. The Morgan fingerprint density at radius 3 is 2.45 bits per heavy atom. The molecule has 0 fully saturated rings. The second kappa shape index (κ2) is 12.8. The lowest BCUT2D eigenvalue weighted by atomic mass is 10.2. The number of hydrogen-bond donors (Lipinski definition) is 2. The lowest BCUT2D eigenvalue weighted by Crippen LogP contribution is -2.29. The van der Waals surface area contributed by atoms with Gasteiger partial charge in [-0.25, -0.2) is 14.3 Å². The minimum Gasteiger partial charge on any atom is -0.497 e. The molecule has 222 valence electrons. The number of nitrogens with zero attached hydrogens (tertiary/aromatic N) is 6. The molecular weight excluding hydrogens is 536 g/mol. The van der Waals surface area contributed by atoms with E-state index in [1.54, 1.807) is 41.7 Å². The number of nitrogens with one attached hydrogen (secondary N) is 2. The second-order valence-corrected chi connectivity index (χ2v) is 10.3. The Hall–Kier alpha value is -4.84. The molecule has 0 aliphatic carbocycles. The van der Waals surface area contributed by atoms with Gasteiger partial charge in [-0.05, 0) is 52.2 Å². The monoisotopic (exact) mass is 574 g/mol. The predicted molar refractivity (Wildman–Crippen MR) is 167 cm³/mol. The molecule has 2 aromatic carbocycles. The number of anilines is 4. The first kappa shape index (κ1) is 30.1. The van der Waals surface area contributed by atoms with Gasteiger partial charge in [0.05, 0.1) is 42.3 Å². The molecule has 0 atom stereocenters. The van der Waals surface area contributed by atoms with Crippen molar-refractivity contribution in [3.05, 3.63) is 65.7 Å². The van der Waals surface area contributed by atoms with Crippen LogP contribution in [-0.2, 0) is 4.79 Å². The predicted octanol–water partition coefficient (Wildman–Crippen LogP) is 4.05. The Labute approximate surface area is 245 Å². The van der Waals surface area contributed by atoms with Gasteiger partial charge in [-0.2, -0.15) is 4.98 Å². The third-order valence-corrected chi connectivity index (χ3v) is 6.77. The van der Waals surface area contributed by atoms with Crippen molar-refractivity contribution >= 4 is 40.0 Å². The first-order valence-electron chi connectivity index (χ1n) is 13.5. The molecule has 42 heavy (non-hydrogen) atoms.